The van der Waals surface area contributed by atoms with E-state index >= 15 is 0 Å². The summed E-state index contributed by atoms with van der Waals surface area (Å²) in [7, 11) is 0. The Morgan fingerprint density at radius 1 is 0.967 bits per heavy atom. The third-order valence-electron chi connectivity index (χ3n) is 5.43. The van der Waals surface area contributed by atoms with E-state index in [1.807, 2.05) is 68.1 Å². The van der Waals surface area contributed by atoms with Crippen molar-refractivity contribution >= 4 is 23.1 Å². The molecule has 2 heterocycles. The van der Waals surface area contributed by atoms with Crippen LogP contribution in [0.5, 0.6) is 5.75 Å². The monoisotopic (exact) mass is 406 g/mol. The van der Waals surface area contributed by atoms with E-state index in [1.165, 1.54) is 4.90 Å². The Hall–Kier alpha value is -3.12. The van der Waals surface area contributed by atoms with E-state index in [0.29, 0.717) is 55.4 Å². The average molecular weight is 406 g/mol. The first kappa shape index (κ1) is 20.2. The number of rotatable bonds is 5. The van der Waals surface area contributed by atoms with Crippen molar-refractivity contribution in [3.63, 3.8) is 0 Å². The van der Waals surface area contributed by atoms with Crippen LogP contribution in [0.3, 0.4) is 0 Å². The predicted molar refractivity (Wildman–Crippen MR) is 115 cm³/mol. The maximum Gasteiger partial charge on any atom is 0.282 e. The lowest BCUT2D eigenvalue weighted by atomic mass is 10.0. The Bertz CT molecular complexity index is 1000. The third kappa shape index (κ3) is 3.59. The van der Waals surface area contributed by atoms with Gasteiger partial charge in [0.1, 0.15) is 11.4 Å². The molecule has 0 saturated carbocycles. The molecule has 1 fully saturated rings. The highest BCUT2D eigenvalue weighted by Crippen LogP contribution is 2.36. The fourth-order valence-corrected chi connectivity index (χ4v) is 4.02. The second kappa shape index (κ2) is 8.32. The predicted octanol–water partition coefficient (Wildman–Crippen LogP) is 3.32. The average Bonchev–Trinajstić information content (AvgIpc) is 3.00. The molecule has 6 nitrogen and oxygen atoms in total. The highest BCUT2D eigenvalue weighted by atomic mass is 16.5. The first-order chi connectivity index (χ1) is 14.5. The van der Waals surface area contributed by atoms with E-state index in [0.717, 1.165) is 16.9 Å². The molecule has 0 aromatic heterocycles. The highest BCUT2D eigenvalue weighted by molar-refractivity contribution is 6.45. The number of morpholine rings is 1. The van der Waals surface area contributed by atoms with Crippen molar-refractivity contribution in [1.29, 1.82) is 0 Å². The SMILES string of the molecule is CCOc1ccc(C2=C(N3CCOCC3)C(=O)N(c3ccc(C)cc3C)C2=O)cc1. The van der Waals surface area contributed by atoms with Gasteiger partial charge in [-0.1, -0.05) is 29.8 Å². The van der Waals surface area contributed by atoms with Crippen LogP contribution in [0.15, 0.2) is 48.2 Å². The molecule has 2 aromatic carbocycles. The lowest BCUT2D eigenvalue weighted by Gasteiger charge is -2.29. The normalized spacial score (nSPS) is 17.2. The summed E-state index contributed by atoms with van der Waals surface area (Å²) < 4.78 is 11.0. The number of aryl methyl sites for hydroxylation is 2. The molecule has 2 amide bonds. The molecule has 6 heteroatoms. The molecule has 0 atom stereocenters. The van der Waals surface area contributed by atoms with Gasteiger partial charge in [0.05, 0.1) is 31.1 Å². The van der Waals surface area contributed by atoms with Gasteiger partial charge in [0, 0.05) is 13.1 Å². The zero-order valence-electron chi connectivity index (χ0n) is 17.6. The summed E-state index contributed by atoms with van der Waals surface area (Å²) in [4.78, 5) is 30.4. The first-order valence-corrected chi connectivity index (χ1v) is 10.3. The summed E-state index contributed by atoms with van der Waals surface area (Å²) in [6.45, 7) is 8.63. The van der Waals surface area contributed by atoms with Gasteiger partial charge in [-0.25, -0.2) is 4.90 Å². The Morgan fingerprint density at radius 2 is 1.67 bits per heavy atom. The van der Waals surface area contributed by atoms with Gasteiger partial charge >= 0.3 is 0 Å². The smallest absolute Gasteiger partial charge is 0.282 e. The number of nitrogens with zero attached hydrogens (tertiary/aromatic N) is 2. The fraction of sp³-hybridized carbons (Fsp3) is 0.333. The molecule has 2 aliphatic rings. The number of anilines is 1. The molecule has 0 bridgehead atoms. The Balaban J connectivity index is 1.80. The van der Waals surface area contributed by atoms with Gasteiger partial charge in [0.15, 0.2) is 0 Å². The molecular weight excluding hydrogens is 380 g/mol. The van der Waals surface area contributed by atoms with Crippen LogP contribution in [0.25, 0.3) is 5.57 Å². The van der Waals surface area contributed by atoms with Gasteiger partial charge in [0.2, 0.25) is 0 Å². The molecule has 0 aliphatic carbocycles. The number of benzene rings is 2. The number of carbonyl (C=O) groups is 2. The van der Waals surface area contributed by atoms with E-state index in [1.54, 1.807) is 0 Å². The summed E-state index contributed by atoms with van der Waals surface area (Å²) in [5.74, 6) is 0.160. The molecule has 156 valence electrons. The first-order valence-electron chi connectivity index (χ1n) is 10.3. The molecule has 0 radical (unpaired) electrons. The minimum absolute atomic E-state index is 0.280. The molecule has 2 aliphatic heterocycles. The van der Waals surface area contributed by atoms with Crippen LogP contribution in [-0.2, 0) is 14.3 Å². The van der Waals surface area contributed by atoms with Gasteiger partial charge in [0.25, 0.3) is 11.8 Å². The molecule has 2 aromatic rings. The van der Waals surface area contributed by atoms with Gasteiger partial charge in [-0.05, 0) is 50.1 Å². The molecular formula is C24H26N2O4. The zero-order chi connectivity index (χ0) is 21.3. The van der Waals surface area contributed by atoms with Crippen molar-refractivity contribution in [3.05, 3.63) is 64.9 Å². The van der Waals surface area contributed by atoms with E-state index in [-0.39, 0.29) is 11.8 Å². The summed E-state index contributed by atoms with van der Waals surface area (Å²) >= 11 is 0. The molecule has 4 rings (SSSR count). The number of hydrogen-bond acceptors (Lipinski definition) is 5. The zero-order valence-corrected chi connectivity index (χ0v) is 17.6. The standard InChI is InChI=1S/C24H26N2O4/c1-4-30-19-8-6-18(7-9-19)21-22(25-11-13-29-14-12-25)24(28)26(23(21)27)20-10-5-16(2)15-17(20)3/h5-10,15H,4,11-14H2,1-3H3. The molecule has 0 N–H and O–H groups in total. The Labute approximate surface area is 176 Å². The summed E-state index contributed by atoms with van der Waals surface area (Å²) in [6.07, 6.45) is 0. The minimum Gasteiger partial charge on any atom is -0.494 e. The van der Waals surface area contributed by atoms with Crippen LogP contribution in [0.1, 0.15) is 23.6 Å². The Kier molecular flexibility index (Phi) is 5.59. The Morgan fingerprint density at radius 3 is 2.30 bits per heavy atom. The highest BCUT2D eigenvalue weighted by Gasteiger charge is 2.43. The van der Waals surface area contributed by atoms with Crippen LogP contribution in [-0.4, -0.2) is 49.6 Å². The van der Waals surface area contributed by atoms with Gasteiger partial charge in [-0.3, -0.25) is 9.59 Å². The number of amides is 2. The van der Waals surface area contributed by atoms with E-state index in [4.69, 9.17) is 9.47 Å². The second-order valence-corrected chi connectivity index (χ2v) is 7.52. The van der Waals surface area contributed by atoms with E-state index < -0.39 is 0 Å². The molecule has 0 spiro atoms. The van der Waals surface area contributed by atoms with Gasteiger partial charge in [-0.2, -0.15) is 0 Å². The lowest BCUT2D eigenvalue weighted by Crippen LogP contribution is -2.40. The van der Waals surface area contributed by atoms with Crippen molar-refractivity contribution in [2.45, 2.75) is 20.8 Å². The maximum absolute atomic E-state index is 13.6. The van der Waals surface area contributed by atoms with Crippen LogP contribution in [0, 0.1) is 13.8 Å². The van der Waals surface area contributed by atoms with Gasteiger partial charge in [-0.15, -0.1) is 0 Å². The van der Waals surface area contributed by atoms with Crippen LogP contribution < -0.4 is 9.64 Å². The number of hydrogen-bond donors (Lipinski definition) is 0. The van der Waals surface area contributed by atoms with Crippen molar-refractivity contribution in [1.82, 2.24) is 4.90 Å². The van der Waals surface area contributed by atoms with Crippen molar-refractivity contribution < 1.29 is 19.1 Å². The molecule has 1 saturated heterocycles. The second-order valence-electron chi connectivity index (χ2n) is 7.52. The largest absolute Gasteiger partial charge is 0.494 e. The molecule has 0 unspecified atom stereocenters. The topological polar surface area (TPSA) is 59.1 Å². The third-order valence-corrected chi connectivity index (χ3v) is 5.43. The summed E-state index contributed by atoms with van der Waals surface area (Å²) in [5, 5.41) is 0. The quantitative estimate of drug-likeness (QED) is 0.713. The number of ether oxygens (including phenoxy) is 2. The van der Waals surface area contributed by atoms with E-state index in [2.05, 4.69) is 0 Å². The maximum atomic E-state index is 13.6. The summed E-state index contributed by atoms with van der Waals surface area (Å²) in [5.41, 5.74) is 4.21. The fourth-order valence-electron chi connectivity index (χ4n) is 4.02. The summed E-state index contributed by atoms with van der Waals surface area (Å²) in [6, 6.07) is 13.1. The van der Waals surface area contributed by atoms with Crippen molar-refractivity contribution in [2.75, 3.05) is 37.8 Å². The van der Waals surface area contributed by atoms with Crippen molar-refractivity contribution in [2.24, 2.45) is 0 Å². The molecule has 30 heavy (non-hydrogen) atoms. The van der Waals surface area contributed by atoms with Crippen LogP contribution in [0.4, 0.5) is 5.69 Å². The van der Waals surface area contributed by atoms with E-state index in [9.17, 15) is 9.59 Å². The number of imide groups is 1. The van der Waals surface area contributed by atoms with Crippen LogP contribution >= 0.6 is 0 Å². The minimum atomic E-state index is -0.294. The van der Waals surface area contributed by atoms with Crippen molar-refractivity contribution in [3.8, 4) is 5.75 Å². The lowest BCUT2D eigenvalue weighted by molar-refractivity contribution is -0.121. The number of carbonyl (C=O) groups excluding carboxylic acids is 2. The van der Waals surface area contributed by atoms with Gasteiger partial charge < -0.3 is 14.4 Å². The van der Waals surface area contributed by atoms with Crippen LogP contribution in [0.2, 0.25) is 0 Å².